The third-order valence-corrected chi connectivity index (χ3v) is 9.45. The van der Waals surface area contributed by atoms with E-state index in [1.807, 2.05) is 0 Å². The average Bonchev–Trinajstić information content (AvgIpc) is 3.50. The van der Waals surface area contributed by atoms with Crippen molar-refractivity contribution >= 4 is 21.5 Å². The van der Waals surface area contributed by atoms with Crippen molar-refractivity contribution in [2.75, 3.05) is 14.2 Å². The molecule has 34 heavy (non-hydrogen) atoms. The molecule has 0 bridgehead atoms. The molecule has 0 heterocycles. The monoisotopic (exact) mass is 448 g/mol. The minimum absolute atomic E-state index is 0.412. The minimum atomic E-state index is 0.412. The predicted molar refractivity (Wildman–Crippen MR) is 140 cm³/mol. The SMILES string of the molecule is COc1cccc2c3c(ccc12)C(C1(C2CCCC2)CCC1)c1ccc2c(OC)cccc2c1-3. The van der Waals surface area contributed by atoms with Crippen LogP contribution in [0.25, 0.3) is 32.7 Å². The quantitative estimate of drug-likeness (QED) is 0.312. The second-order valence-electron chi connectivity index (χ2n) is 10.7. The predicted octanol–water partition coefficient (Wildman–Crippen LogP) is 8.48. The third-order valence-electron chi connectivity index (χ3n) is 9.45. The van der Waals surface area contributed by atoms with Crippen LogP contribution in [0.1, 0.15) is 62.0 Å². The van der Waals surface area contributed by atoms with Crippen molar-refractivity contribution in [1.82, 2.24) is 0 Å². The zero-order valence-electron chi connectivity index (χ0n) is 20.2. The number of hydrogen-bond acceptors (Lipinski definition) is 2. The molecule has 0 N–H and O–H groups in total. The van der Waals surface area contributed by atoms with Gasteiger partial charge in [0.25, 0.3) is 0 Å². The van der Waals surface area contributed by atoms with Crippen LogP contribution < -0.4 is 9.47 Å². The lowest BCUT2D eigenvalue weighted by Gasteiger charge is -2.52. The molecule has 7 rings (SSSR count). The molecule has 0 amide bonds. The smallest absolute Gasteiger partial charge is 0.126 e. The lowest BCUT2D eigenvalue weighted by Crippen LogP contribution is -2.41. The number of ether oxygens (including phenoxy) is 2. The highest BCUT2D eigenvalue weighted by Crippen LogP contribution is 2.67. The fourth-order valence-electron chi connectivity index (χ4n) is 7.89. The normalized spacial score (nSPS) is 19.2. The molecule has 0 spiro atoms. The van der Waals surface area contributed by atoms with Crippen molar-refractivity contribution in [2.24, 2.45) is 11.3 Å². The van der Waals surface area contributed by atoms with Crippen LogP contribution in [-0.2, 0) is 0 Å². The average molecular weight is 449 g/mol. The van der Waals surface area contributed by atoms with Crippen molar-refractivity contribution < 1.29 is 9.47 Å². The Labute approximate surface area is 201 Å². The van der Waals surface area contributed by atoms with Gasteiger partial charge in [0.2, 0.25) is 0 Å². The molecular formula is C32H32O2. The number of methoxy groups -OCH3 is 2. The topological polar surface area (TPSA) is 18.5 Å². The Kier molecular flexibility index (Phi) is 4.50. The van der Waals surface area contributed by atoms with E-state index in [0.29, 0.717) is 11.3 Å². The van der Waals surface area contributed by atoms with E-state index in [1.165, 1.54) is 88.7 Å². The summed E-state index contributed by atoms with van der Waals surface area (Å²) >= 11 is 0. The first-order chi connectivity index (χ1) is 16.8. The zero-order valence-corrected chi connectivity index (χ0v) is 20.2. The van der Waals surface area contributed by atoms with Crippen LogP contribution >= 0.6 is 0 Å². The van der Waals surface area contributed by atoms with Crippen molar-refractivity contribution in [3.8, 4) is 22.6 Å². The molecule has 2 heteroatoms. The molecule has 4 aromatic rings. The standard InChI is InChI=1S/C32H32O2/c1-33-27-12-5-10-23-21(27)14-16-25-29(23)30-24-11-6-13-28(34-2)22(24)15-17-26(30)31(25)32(18-7-19-32)20-8-3-4-9-20/h5-6,10-17,20,31H,3-4,7-9,18-19H2,1-2H3. The van der Waals surface area contributed by atoms with Gasteiger partial charge in [-0.1, -0.05) is 67.8 Å². The lowest BCUT2D eigenvalue weighted by atomic mass is 9.52. The Morgan fingerprint density at radius 2 is 1.15 bits per heavy atom. The molecule has 2 fully saturated rings. The summed E-state index contributed by atoms with van der Waals surface area (Å²) in [5.74, 6) is 3.25. The maximum Gasteiger partial charge on any atom is 0.126 e. The van der Waals surface area contributed by atoms with Gasteiger partial charge in [0.05, 0.1) is 14.2 Å². The van der Waals surface area contributed by atoms with Crippen LogP contribution in [0.15, 0.2) is 60.7 Å². The van der Waals surface area contributed by atoms with Gasteiger partial charge in [0, 0.05) is 16.7 Å². The molecule has 3 aliphatic carbocycles. The molecule has 0 aromatic heterocycles. The van der Waals surface area contributed by atoms with Gasteiger partial charge in [-0.3, -0.25) is 0 Å². The molecule has 2 nitrogen and oxygen atoms in total. The van der Waals surface area contributed by atoms with Gasteiger partial charge in [-0.05, 0) is 82.2 Å². The Morgan fingerprint density at radius 1 is 0.618 bits per heavy atom. The molecule has 2 saturated carbocycles. The summed E-state index contributed by atoms with van der Waals surface area (Å²) in [6, 6.07) is 22.6. The largest absolute Gasteiger partial charge is 0.496 e. The number of rotatable bonds is 4. The van der Waals surface area contributed by atoms with E-state index in [-0.39, 0.29) is 0 Å². The van der Waals surface area contributed by atoms with E-state index in [2.05, 4.69) is 60.7 Å². The van der Waals surface area contributed by atoms with Crippen molar-refractivity contribution in [3.63, 3.8) is 0 Å². The van der Waals surface area contributed by atoms with Gasteiger partial charge in [-0.15, -0.1) is 0 Å². The van der Waals surface area contributed by atoms with Gasteiger partial charge >= 0.3 is 0 Å². The molecule has 0 atom stereocenters. The van der Waals surface area contributed by atoms with E-state index in [1.54, 1.807) is 14.2 Å². The Hall–Kier alpha value is -3.00. The summed E-state index contributed by atoms with van der Waals surface area (Å²) in [6.07, 6.45) is 9.74. The van der Waals surface area contributed by atoms with Crippen LogP contribution in [0.3, 0.4) is 0 Å². The first-order valence-corrected chi connectivity index (χ1v) is 13.0. The van der Waals surface area contributed by atoms with E-state index in [9.17, 15) is 0 Å². The maximum absolute atomic E-state index is 5.79. The van der Waals surface area contributed by atoms with Crippen LogP contribution in [0.5, 0.6) is 11.5 Å². The fraction of sp³-hybridized carbons (Fsp3) is 0.375. The summed E-state index contributed by atoms with van der Waals surface area (Å²) in [5.41, 5.74) is 6.35. The van der Waals surface area contributed by atoms with E-state index in [4.69, 9.17) is 9.47 Å². The molecule has 0 aliphatic heterocycles. The lowest BCUT2D eigenvalue weighted by molar-refractivity contribution is 0.0335. The molecular weight excluding hydrogens is 416 g/mol. The number of hydrogen-bond donors (Lipinski definition) is 0. The molecule has 172 valence electrons. The second-order valence-corrected chi connectivity index (χ2v) is 10.7. The summed E-state index contributed by atoms with van der Waals surface area (Å²) < 4.78 is 11.6. The third kappa shape index (κ3) is 2.57. The molecule has 0 radical (unpaired) electrons. The summed E-state index contributed by atoms with van der Waals surface area (Å²) in [4.78, 5) is 0. The van der Waals surface area contributed by atoms with Gasteiger partial charge in [0.15, 0.2) is 0 Å². The summed E-state index contributed by atoms with van der Waals surface area (Å²) in [7, 11) is 3.56. The van der Waals surface area contributed by atoms with Crippen LogP contribution in [0.2, 0.25) is 0 Å². The molecule has 0 unspecified atom stereocenters. The van der Waals surface area contributed by atoms with Crippen molar-refractivity contribution in [2.45, 2.75) is 50.9 Å². The first kappa shape index (κ1) is 20.4. The van der Waals surface area contributed by atoms with Crippen LogP contribution in [-0.4, -0.2) is 14.2 Å². The van der Waals surface area contributed by atoms with E-state index >= 15 is 0 Å². The van der Waals surface area contributed by atoms with E-state index < -0.39 is 0 Å². The number of benzene rings is 4. The summed E-state index contributed by atoms with van der Waals surface area (Å²) in [6.45, 7) is 0. The zero-order chi connectivity index (χ0) is 22.9. The highest BCUT2D eigenvalue weighted by Gasteiger charge is 2.54. The maximum atomic E-state index is 5.79. The van der Waals surface area contributed by atoms with E-state index in [0.717, 1.165) is 17.4 Å². The van der Waals surface area contributed by atoms with Gasteiger partial charge in [0.1, 0.15) is 11.5 Å². The Balaban J connectivity index is 1.59. The fourth-order valence-corrected chi connectivity index (χ4v) is 7.89. The molecule has 3 aliphatic rings. The van der Waals surface area contributed by atoms with Crippen LogP contribution in [0.4, 0.5) is 0 Å². The Bertz CT molecular complexity index is 1330. The Morgan fingerprint density at radius 3 is 1.59 bits per heavy atom. The second kappa shape index (κ2) is 7.50. The van der Waals surface area contributed by atoms with Crippen molar-refractivity contribution in [1.29, 1.82) is 0 Å². The molecule has 4 aromatic carbocycles. The highest BCUT2D eigenvalue weighted by molar-refractivity contribution is 6.12. The molecule has 0 saturated heterocycles. The van der Waals surface area contributed by atoms with Gasteiger partial charge in [-0.2, -0.15) is 0 Å². The van der Waals surface area contributed by atoms with Gasteiger partial charge < -0.3 is 9.47 Å². The van der Waals surface area contributed by atoms with Crippen molar-refractivity contribution in [3.05, 3.63) is 71.8 Å². The minimum Gasteiger partial charge on any atom is -0.496 e. The number of fused-ring (bicyclic) bond motifs is 7. The van der Waals surface area contributed by atoms with Gasteiger partial charge in [-0.25, -0.2) is 0 Å². The first-order valence-electron chi connectivity index (χ1n) is 13.0. The van der Waals surface area contributed by atoms with Crippen LogP contribution in [0, 0.1) is 11.3 Å². The highest BCUT2D eigenvalue weighted by atomic mass is 16.5. The summed E-state index contributed by atoms with van der Waals surface area (Å²) in [5, 5.41) is 5.05.